The van der Waals surface area contributed by atoms with Gasteiger partial charge in [0.05, 0.1) is 12.7 Å². The van der Waals surface area contributed by atoms with Crippen molar-refractivity contribution in [3.63, 3.8) is 0 Å². The number of rotatable bonds is 2. The van der Waals surface area contributed by atoms with E-state index in [1.807, 2.05) is 35.6 Å². The monoisotopic (exact) mass is 302 g/mol. The van der Waals surface area contributed by atoms with Crippen LogP contribution >= 0.6 is 22.7 Å². The van der Waals surface area contributed by atoms with E-state index in [0.29, 0.717) is 0 Å². The molecule has 100 valence electrons. The zero-order chi connectivity index (χ0) is 13.7. The van der Waals surface area contributed by atoms with Crippen molar-refractivity contribution in [1.82, 2.24) is 29.1 Å². The molecule has 0 saturated heterocycles. The van der Waals surface area contributed by atoms with Gasteiger partial charge in [-0.2, -0.15) is 0 Å². The fourth-order valence-electron chi connectivity index (χ4n) is 1.91. The van der Waals surface area contributed by atoms with Gasteiger partial charge < -0.3 is 9.13 Å². The molecule has 4 aromatic rings. The summed E-state index contributed by atoms with van der Waals surface area (Å²) in [6, 6.07) is 0. The van der Waals surface area contributed by atoms with Crippen LogP contribution in [0.4, 0.5) is 0 Å². The molecule has 0 amide bonds. The van der Waals surface area contributed by atoms with Crippen molar-refractivity contribution < 1.29 is 0 Å². The van der Waals surface area contributed by atoms with Crippen LogP contribution in [0.2, 0.25) is 0 Å². The van der Waals surface area contributed by atoms with E-state index in [4.69, 9.17) is 0 Å². The second-order valence-electron chi connectivity index (χ2n) is 4.50. The summed E-state index contributed by atoms with van der Waals surface area (Å²) in [5.74, 6) is 0. The Balaban J connectivity index is 1.77. The summed E-state index contributed by atoms with van der Waals surface area (Å²) in [7, 11) is 3.90. The normalized spacial score (nSPS) is 11.5. The standard InChI is InChI=1S/C12H10N6S2/c1-17-3-7(13-5-17)9-15-11-12(19-9)16-10(20-11)8-4-18(2)6-14-8/h3-6H,1-2H3. The summed E-state index contributed by atoms with van der Waals surface area (Å²) in [4.78, 5) is 19.7. The van der Waals surface area contributed by atoms with Crippen molar-refractivity contribution in [2.24, 2.45) is 14.1 Å². The molecule has 0 N–H and O–H groups in total. The second-order valence-corrected chi connectivity index (χ2v) is 6.45. The zero-order valence-corrected chi connectivity index (χ0v) is 12.4. The summed E-state index contributed by atoms with van der Waals surface area (Å²) in [6.45, 7) is 0. The number of aryl methyl sites for hydroxylation is 2. The first-order valence-electron chi connectivity index (χ1n) is 5.93. The highest BCUT2D eigenvalue weighted by Gasteiger charge is 2.15. The molecule has 8 heteroatoms. The van der Waals surface area contributed by atoms with Crippen LogP contribution in [0.1, 0.15) is 0 Å². The Bertz CT molecular complexity index is 795. The molecule has 0 bridgehead atoms. The van der Waals surface area contributed by atoms with E-state index in [2.05, 4.69) is 19.9 Å². The van der Waals surface area contributed by atoms with E-state index in [-0.39, 0.29) is 0 Å². The Morgan fingerprint density at radius 3 is 1.60 bits per heavy atom. The molecule has 0 fully saturated rings. The van der Waals surface area contributed by atoms with Crippen LogP contribution in [0, 0.1) is 0 Å². The quantitative estimate of drug-likeness (QED) is 0.571. The number of aromatic nitrogens is 6. The van der Waals surface area contributed by atoms with Gasteiger partial charge in [0.25, 0.3) is 0 Å². The average molecular weight is 302 g/mol. The molecule has 0 aliphatic rings. The van der Waals surface area contributed by atoms with Crippen molar-refractivity contribution in [2.75, 3.05) is 0 Å². The van der Waals surface area contributed by atoms with Gasteiger partial charge in [0.1, 0.15) is 21.4 Å². The second kappa shape index (κ2) is 4.22. The highest BCUT2D eigenvalue weighted by atomic mass is 32.1. The lowest BCUT2D eigenvalue weighted by Crippen LogP contribution is -1.78. The van der Waals surface area contributed by atoms with Gasteiger partial charge in [0.2, 0.25) is 0 Å². The van der Waals surface area contributed by atoms with Gasteiger partial charge in [0.15, 0.2) is 9.66 Å². The van der Waals surface area contributed by atoms with E-state index in [1.54, 1.807) is 35.3 Å². The third-order valence-corrected chi connectivity index (χ3v) is 4.90. The van der Waals surface area contributed by atoms with Crippen LogP contribution in [0.25, 0.3) is 31.1 Å². The number of hydrogen-bond acceptors (Lipinski definition) is 6. The van der Waals surface area contributed by atoms with E-state index >= 15 is 0 Å². The highest BCUT2D eigenvalue weighted by molar-refractivity contribution is 7.29. The first-order chi connectivity index (χ1) is 9.69. The molecule has 0 spiro atoms. The minimum atomic E-state index is 0.891. The Morgan fingerprint density at radius 2 is 1.25 bits per heavy atom. The fraction of sp³-hybridized carbons (Fsp3) is 0.167. The minimum absolute atomic E-state index is 0.891. The molecular weight excluding hydrogens is 292 g/mol. The van der Waals surface area contributed by atoms with E-state index in [9.17, 15) is 0 Å². The Kier molecular flexibility index (Phi) is 2.48. The van der Waals surface area contributed by atoms with Crippen LogP contribution < -0.4 is 0 Å². The van der Waals surface area contributed by atoms with Gasteiger partial charge in [-0.15, -0.1) is 0 Å². The largest absolute Gasteiger partial charge is 0.340 e. The predicted octanol–water partition coefficient (Wildman–Crippen LogP) is 2.55. The molecular formula is C12H10N6S2. The number of thiazole rings is 2. The third kappa shape index (κ3) is 1.84. The van der Waals surface area contributed by atoms with Crippen LogP contribution in [-0.4, -0.2) is 29.1 Å². The molecule has 0 aliphatic carbocycles. The van der Waals surface area contributed by atoms with Crippen molar-refractivity contribution >= 4 is 32.3 Å². The topological polar surface area (TPSA) is 61.4 Å². The molecule has 0 aromatic carbocycles. The number of imidazole rings is 2. The maximum absolute atomic E-state index is 4.61. The highest BCUT2D eigenvalue weighted by Crippen LogP contribution is 2.35. The van der Waals surface area contributed by atoms with E-state index in [0.717, 1.165) is 31.1 Å². The van der Waals surface area contributed by atoms with Crippen LogP contribution in [0.5, 0.6) is 0 Å². The van der Waals surface area contributed by atoms with Gasteiger partial charge in [0, 0.05) is 26.5 Å². The zero-order valence-electron chi connectivity index (χ0n) is 10.8. The Hall–Kier alpha value is -2.06. The van der Waals surface area contributed by atoms with Crippen molar-refractivity contribution in [2.45, 2.75) is 0 Å². The molecule has 0 atom stereocenters. The van der Waals surface area contributed by atoms with Gasteiger partial charge in [-0.25, -0.2) is 19.9 Å². The molecule has 4 aromatic heterocycles. The van der Waals surface area contributed by atoms with Crippen molar-refractivity contribution in [1.29, 1.82) is 0 Å². The summed E-state index contributed by atoms with van der Waals surface area (Å²) in [5, 5.41) is 1.82. The number of nitrogens with zero attached hydrogens (tertiary/aromatic N) is 6. The summed E-state index contributed by atoms with van der Waals surface area (Å²) in [5.41, 5.74) is 1.78. The van der Waals surface area contributed by atoms with Crippen LogP contribution in [0.3, 0.4) is 0 Å². The summed E-state index contributed by atoms with van der Waals surface area (Å²) in [6.07, 6.45) is 7.47. The first kappa shape index (κ1) is 11.7. The summed E-state index contributed by atoms with van der Waals surface area (Å²) >= 11 is 3.13. The number of hydrogen-bond donors (Lipinski definition) is 0. The van der Waals surface area contributed by atoms with E-state index in [1.165, 1.54) is 0 Å². The van der Waals surface area contributed by atoms with Crippen LogP contribution in [-0.2, 0) is 14.1 Å². The SMILES string of the molecule is Cn1cnc(-c2nc3sc(-c4cn(C)cn4)nc3s2)c1. The Labute approximate surface area is 122 Å². The van der Waals surface area contributed by atoms with Gasteiger partial charge in [-0.3, -0.25) is 0 Å². The van der Waals surface area contributed by atoms with Crippen molar-refractivity contribution in [3.8, 4) is 21.4 Å². The number of fused-ring (bicyclic) bond motifs is 1. The average Bonchev–Trinajstić information content (AvgIpc) is 3.09. The maximum Gasteiger partial charge on any atom is 0.156 e. The van der Waals surface area contributed by atoms with Gasteiger partial charge in [-0.1, -0.05) is 22.7 Å². The van der Waals surface area contributed by atoms with Crippen LogP contribution in [0.15, 0.2) is 25.0 Å². The minimum Gasteiger partial charge on any atom is -0.340 e. The first-order valence-corrected chi connectivity index (χ1v) is 7.56. The lowest BCUT2D eigenvalue weighted by molar-refractivity contribution is 0.913. The van der Waals surface area contributed by atoms with E-state index < -0.39 is 0 Å². The fourth-order valence-corrected chi connectivity index (χ4v) is 3.87. The maximum atomic E-state index is 4.61. The Morgan fingerprint density at radius 1 is 0.800 bits per heavy atom. The lowest BCUT2D eigenvalue weighted by Gasteiger charge is -1.87. The molecule has 6 nitrogen and oxygen atoms in total. The molecule has 20 heavy (non-hydrogen) atoms. The van der Waals surface area contributed by atoms with Gasteiger partial charge in [-0.05, 0) is 0 Å². The molecule has 0 aliphatic heterocycles. The molecule has 0 unspecified atom stereocenters. The smallest absolute Gasteiger partial charge is 0.156 e. The molecule has 4 heterocycles. The van der Waals surface area contributed by atoms with Crippen molar-refractivity contribution in [3.05, 3.63) is 25.0 Å². The molecule has 0 saturated carbocycles. The summed E-state index contributed by atoms with van der Waals surface area (Å²) < 4.78 is 3.83. The van der Waals surface area contributed by atoms with Gasteiger partial charge >= 0.3 is 0 Å². The lowest BCUT2D eigenvalue weighted by atomic mass is 10.5. The third-order valence-electron chi connectivity index (χ3n) is 2.82. The molecule has 0 radical (unpaired) electrons. The molecule has 4 rings (SSSR count). The predicted molar refractivity (Wildman–Crippen MR) is 79.7 cm³/mol.